The number of nitrogens with one attached hydrogen (secondary N) is 1. The molecular formula is C11H22N2O. The van der Waals surface area contributed by atoms with Crippen LogP contribution in [0.4, 0.5) is 0 Å². The van der Waals surface area contributed by atoms with Crippen molar-refractivity contribution in [2.45, 2.75) is 51.6 Å². The third-order valence-corrected chi connectivity index (χ3v) is 2.92. The highest BCUT2D eigenvalue weighted by molar-refractivity contribution is 5.87. The Morgan fingerprint density at radius 2 is 2.00 bits per heavy atom. The molecule has 0 fully saturated rings. The van der Waals surface area contributed by atoms with E-state index < -0.39 is 0 Å². The van der Waals surface area contributed by atoms with Gasteiger partial charge in [0.05, 0.1) is 0 Å². The minimum absolute atomic E-state index is 0.0306. The van der Waals surface area contributed by atoms with Gasteiger partial charge in [-0.05, 0) is 25.3 Å². The zero-order valence-electron chi connectivity index (χ0n) is 9.47. The molecule has 1 unspecified atom stereocenters. The molecule has 1 amide bonds. The normalized spacial score (nSPS) is 13.4. The molecule has 3 heteroatoms. The number of hydrogen-bond acceptors (Lipinski definition) is 2. The molecule has 0 aromatic rings. The average molecular weight is 198 g/mol. The summed E-state index contributed by atoms with van der Waals surface area (Å²) in [7, 11) is 0. The molecule has 0 aromatic carbocycles. The lowest BCUT2D eigenvalue weighted by Crippen LogP contribution is -2.57. The molecular weight excluding hydrogens is 176 g/mol. The summed E-state index contributed by atoms with van der Waals surface area (Å²) >= 11 is 0. The summed E-state index contributed by atoms with van der Waals surface area (Å²) in [5.74, 6) is -0.145. The predicted octanol–water partition coefficient (Wildman–Crippen LogP) is 1.58. The first-order valence-corrected chi connectivity index (χ1v) is 5.25. The Morgan fingerprint density at radius 3 is 2.29 bits per heavy atom. The van der Waals surface area contributed by atoms with E-state index in [2.05, 4.69) is 11.9 Å². The van der Waals surface area contributed by atoms with Gasteiger partial charge in [0.25, 0.3) is 0 Å². The van der Waals surface area contributed by atoms with Crippen molar-refractivity contribution in [3.8, 4) is 0 Å². The molecule has 3 nitrogen and oxygen atoms in total. The van der Waals surface area contributed by atoms with Gasteiger partial charge >= 0.3 is 0 Å². The van der Waals surface area contributed by atoms with Gasteiger partial charge in [0.1, 0.15) is 0 Å². The van der Waals surface area contributed by atoms with Crippen LogP contribution < -0.4 is 11.1 Å². The first kappa shape index (κ1) is 13.2. The smallest absolute Gasteiger partial charge is 0.243 e. The summed E-state index contributed by atoms with van der Waals surface area (Å²) in [6.45, 7) is 9.55. The fraction of sp³-hybridized carbons (Fsp3) is 0.727. The number of carbonyl (C=O) groups excluding carboxylic acids is 1. The van der Waals surface area contributed by atoms with Crippen molar-refractivity contribution in [1.82, 2.24) is 5.32 Å². The lowest BCUT2D eigenvalue weighted by Gasteiger charge is -2.35. The van der Waals surface area contributed by atoms with Crippen LogP contribution in [0.15, 0.2) is 12.7 Å². The fourth-order valence-corrected chi connectivity index (χ4v) is 1.63. The van der Waals surface area contributed by atoms with Crippen molar-refractivity contribution >= 4 is 5.91 Å². The number of hydrogen-bond donors (Lipinski definition) is 2. The third kappa shape index (κ3) is 3.14. The van der Waals surface area contributed by atoms with Crippen LogP contribution in [0.25, 0.3) is 0 Å². The Morgan fingerprint density at radius 1 is 1.50 bits per heavy atom. The fourth-order valence-electron chi connectivity index (χ4n) is 1.63. The molecule has 0 bridgehead atoms. The Balaban J connectivity index is 4.52. The van der Waals surface area contributed by atoms with E-state index in [9.17, 15) is 4.79 Å². The quantitative estimate of drug-likeness (QED) is 0.637. The lowest BCUT2D eigenvalue weighted by atomic mass is 9.84. The van der Waals surface area contributed by atoms with Crippen molar-refractivity contribution < 1.29 is 4.79 Å². The van der Waals surface area contributed by atoms with Crippen molar-refractivity contribution in [1.29, 1.82) is 0 Å². The Labute approximate surface area is 86.8 Å². The van der Waals surface area contributed by atoms with Crippen LogP contribution in [-0.2, 0) is 4.79 Å². The lowest BCUT2D eigenvalue weighted by molar-refractivity contribution is -0.117. The molecule has 0 aliphatic carbocycles. The van der Waals surface area contributed by atoms with E-state index in [1.807, 2.05) is 20.8 Å². The van der Waals surface area contributed by atoms with E-state index in [0.29, 0.717) is 0 Å². The molecule has 0 saturated carbocycles. The summed E-state index contributed by atoms with van der Waals surface area (Å²) in [5, 5.41) is 2.88. The van der Waals surface area contributed by atoms with E-state index in [1.165, 1.54) is 6.08 Å². The van der Waals surface area contributed by atoms with Gasteiger partial charge in [0.2, 0.25) is 5.91 Å². The maximum Gasteiger partial charge on any atom is 0.243 e. The molecule has 82 valence electrons. The maximum atomic E-state index is 11.2. The van der Waals surface area contributed by atoms with E-state index in [-0.39, 0.29) is 17.5 Å². The van der Waals surface area contributed by atoms with Gasteiger partial charge in [0.15, 0.2) is 0 Å². The van der Waals surface area contributed by atoms with Crippen molar-refractivity contribution in [2.75, 3.05) is 0 Å². The third-order valence-electron chi connectivity index (χ3n) is 2.92. The van der Waals surface area contributed by atoms with Gasteiger partial charge in [-0.25, -0.2) is 0 Å². The second-order valence-corrected chi connectivity index (χ2v) is 3.61. The summed E-state index contributed by atoms with van der Waals surface area (Å²) in [5.41, 5.74) is 5.91. The van der Waals surface area contributed by atoms with Crippen LogP contribution in [0.5, 0.6) is 0 Å². The van der Waals surface area contributed by atoms with Crippen molar-refractivity contribution in [3.63, 3.8) is 0 Å². The van der Waals surface area contributed by atoms with E-state index >= 15 is 0 Å². The average Bonchev–Trinajstić information content (AvgIpc) is 2.24. The van der Waals surface area contributed by atoms with Crippen LogP contribution in [-0.4, -0.2) is 17.5 Å². The summed E-state index contributed by atoms with van der Waals surface area (Å²) in [6, 6.07) is 0.0306. The molecule has 0 spiro atoms. The minimum Gasteiger partial charge on any atom is -0.348 e. The summed E-state index contributed by atoms with van der Waals surface area (Å²) in [6.07, 6.45) is 3.85. The van der Waals surface area contributed by atoms with Gasteiger partial charge in [0, 0.05) is 11.6 Å². The zero-order chi connectivity index (χ0) is 11.2. The monoisotopic (exact) mass is 198 g/mol. The first-order valence-electron chi connectivity index (χ1n) is 5.25. The highest BCUT2D eigenvalue weighted by atomic mass is 16.1. The summed E-state index contributed by atoms with van der Waals surface area (Å²) in [4.78, 5) is 11.2. The van der Waals surface area contributed by atoms with Crippen LogP contribution in [0.2, 0.25) is 0 Å². The Kier molecular flexibility index (Phi) is 5.46. The molecule has 1 atom stereocenters. The number of rotatable bonds is 6. The Bertz CT molecular complexity index is 197. The van der Waals surface area contributed by atoms with Crippen molar-refractivity contribution in [3.05, 3.63) is 12.7 Å². The van der Waals surface area contributed by atoms with Crippen LogP contribution in [0.1, 0.15) is 40.0 Å². The predicted molar refractivity (Wildman–Crippen MR) is 59.9 cm³/mol. The van der Waals surface area contributed by atoms with Crippen LogP contribution in [0.3, 0.4) is 0 Å². The van der Waals surface area contributed by atoms with Crippen LogP contribution >= 0.6 is 0 Å². The minimum atomic E-state index is -0.298. The number of amides is 1. The largest absolute Gasteiger partial charge is 0.348 e. The molecule has 14 heavy (non-hydrogen) atoms. The van der Waals surface area contributed by atoms with E-state index in [4.69, 9.17) is 5.73 Å². The first-order chi connectivity index (χ1) is 6.53. The molecule has 0 aromatic heterocycles. The van der Waals surface area contributed by atoms with E-state index in [1.54, 1.807) is 0 Å². The molecule has 0 aliphatic rings. The SMILES string of the molecule is C=CC(=O)NC(CC)C(N)(CC)CC. The van der Waals surface area contributed by atoms with Gasteiger partial charge in [-0.2, -0.15) is 0 Å². The Hall–Kier alpha value is -0.830. The van der Waals surface area contributed by atoms with E-state index in [0.717, 1.165) is 19.3 Å². The standard InChI is InChI=1S/C11H22N2O/c1-5-9(13-10(14)6-2)11(12,7-3)8-4/h6,9H,2,5,7-8,12H2,1,3-4H3,(H,13,14). The highest BCUT2D eigenvalue weighted by Gasteiger charge is 2.30. The zero-order valence-corrected chi connectivity index (χ0v) is 9.47. The van der Waals surface area contributed by atoms with Gasteiger partial charge in [-0.15, -0.1) is 0 Å². The molecule has 0 rings (SSSR count). The molecule has 0 radical (unpaired) electrons. The van der Waals surface area contributed by atoms with Gasteiger partial charge < -0.3 is 11.1 Å². The van der Waals surface area contributed by atoms with Gasteiger partial charge in [-0.3, -0.25) is 4.79 Å². The second-order valence-electron chi connectivity index (χ2n) is 3.61. The second kappa shape index (κ2) is 5.81. The van der Waals surface area contributed by atoms with Crippen molar-refractivity contribution in [2.24, 2.45) is 5.73 Å². The highest BCUT2D eigenvalue weighted by Crippen LogP contribution is 2.18. The number of nitrogens with two attached hydrogens (primary N) is 1. The topological polar surface area (TPSA) is 55.1 Å². The van der Waals surface area contributed by atoms with Gasteiger partial charge in [-0.1, -0.05) is 27.4 Å². The molecule has 0 heterocycles. The number of carbonyl (C=O) groups is 1. The summed E-state index contributed by atoms with van der Waals surface area (Å²) < 4.78 is 0. The molecule has 0 saturated heterocycles. The molecule has 3 N–H and O–H groups in total. The molecule has 0 aliphatic heterocycles. The van der Waals surface area contributed by atoms with Crippen LogP contribution in [0, 0.1) is 0 Å². The maximum absolute atomic E-state index is 11.2.